The molecule has 1 fully saturated rings. The lowest BCUT2D eigenvalue weighted by molar-refractivity contribution is -0.166. The number of phosphoric ester groups is 1. The summed E-state index contributed by atoms with van der Waals surface area (Å²) in [7, 11) is -4.34. The summed E-state index contributed by atoms with van der Waals surface area (Å²) in [6.45, 7) is 4.62. The largest absolute Gasteiger partial charge is 0.473 e. The summed E-state index contributed by atoms with van der Waals surface area (Å²) >= 11 is 0. The van der Waals surface area contributed by atoms with Crippen LogP contribution in [0.15, 0.2) is 29.2 Å². The summed E-state index contributed by atoms with van der Waals surface area (Å²) in [4.78, 5) is 99.1. The molecule has 21 heteroatoms. The van der Waals surface area contributed by atoms with E-state index in [1.165, 1.54) is 26.0 Å². The van der Waals surface area contributed by atoms with Crippen molar-refractivity contribution in [2.24, 2.45) is 0 Å². The molecule has 1 aromatic rings. The van der Waals surface area contributed by atoms with Crippen molar-refractivity contribution >= 4 is 49.3 Å². The molecule has 2 amide bonds. The summed E-state index contributed by atoms with van der Waals surface area (Å²) in [5.41, 5.74) is -3.34. The van der Waals surface area contributed by atoms with Crippen LogP contribution in [-0.4, -0.2) is 99.9 Å². The van der Waals surface area contributed by atoms with Gasteiger partial charge >= 0.3 is 37.4 Å². The molecule has 0 spiro atoms. The first-order chi connectivity index (χ1) is 22.4. The van der Waals surface area contributed by atoms with Gasteiger partial charge in [0.05, 0.1) is 19.8 Å². The number of methoxy groups -OCH3 is 1. The van der Waals surface area contributed by atoms with Gasteiger partial charge in [-0.25, -0.2) is 14.2 Å². The van der Waals surface area contributed by atoms with Crippen LogP contribution < -0.4 is 16.3 Å². The van der Waals surface area contributed by atoms with Crippen LogP contribution in [0.5, 0.6) is 0 Å². The molecule has 1 aromatic heterocycles. The minimum Gasteiger partial charge on any atom is -0.467 e. The molecule has 1 aliphatic heterocycles. The minimum atomic E-state index is -5.31. The van der Waals surface area contributed by atoms with Crippen LogP contribution in [0.2, 0.25) is 0 Å². The Balaban J connectivity index is 1.92. The quantitative estimate of drug-likeness (QED) is 0.106. The molecular formula is C27H35N4O16P. The van der Waals surface area contributed by atoms with Crippen LogP contribution in [0, 0.1) is 0 Å². The Bertz CT molecular complexity index is 1580. The minimum absolute atomic E-state index is 0.101. The average Bonchev–Trinajstić information content (AvgIpc) is 3.27. The van der Waals surface area contributed by atoms with Gasteiger partial charge in [-0.05, 0) is 12.1 Å². The molecule has 0 aromatic carbocycles. The van der Waals surface area contributed by atoms with Gasteiger partial charge in [-0.15, -0.1) is 0 Å². The van der Waals surface area contributed by atoms with E-state index >= 15 is 0 Å². The van der Waals surface area contributed by atoms with Crippen molar-refractivity contribution in [3.63, 3.8) is 0 Å². The smallest absolute Gasteiger partial charge is 0.467 e. The van der Waals surface area contributed by atoms with Crippen LogP contribution in [0.1, 0.15) is 47.3 Å². The van der Waals surface area contributed by atoms with E-state index in [9.17, 15) is 43.0 Å². The highest BCUT2D eigenvalue weighted by Crippen LogP contribution is 2.51. The second kappa shape index (κ2) is 15.6. The lowest BCUT2D eigenvalue weighted by atomic mass is 9.86. The molecular weight excluding hydrogens is 667 g/mol. The predicted octanol–water partition coefficient (Wildman–Crippen LogP) is -0.596. The third-order valence-electron chi connectivity index (χ3n) is 6.67. The fourth-order valence-corrected chi connectivity index (χ4v) is 5.99. The summed E-state index contributed by atoms with van der Waals surface area (Å²) in [6.07, 6.45) is -4.49. The number of carbonyl (C=O) groups is 6. The third kappa shape index (κ3) is 9.77. The third-order valence-corrected chi connectivity index (χ3v) is 7.71. The Morgan fingerprint density at radius 2 is 1.65 bits per heavy atom. The number of hydrogen-bond acceptors (Lipinski definition) is 16. The Labute approximate surface area is 272 Å². The van der Waals surface area contributed by atoms with E-state index in [0.717, 1.165) is 44.7 Å². The van der Waals surface area contributed by atoms with Crippen molar-refractivity contribution in [2.75, 3.05) is 19.0 Å². The molecule has 20 nitrogen and oxygen atoms in total. The van der Waals surface area contributed by atoms with Crippen molar-refractivity contribution < 1.29 is 71.0 Å². The summed E-state index contributed by atoms with van der Waals surface area (Å²) in [5, 5.41) is 4.84. The van der Waals surface area contributed by atoms with Crippen molar-refractivity contribution in [3.8, 4) is 0 Å². The first kappa shape index (κ1) is 38.0. The molecule has 2 aliphatic rings. The van der Waals surface area contributed by atoms with Crippen molar-refractivity contribution in [1.82, 2.24) is 14.9 Å². The molecule has 3 rings (SSSR count). The topological polar surface area (TPSA) is 263 Å². The molecule has 264 valence electrons. The molecule has 2 heterocycles. The van der Waals surface area contributed by atoms with Gasteiger partial charge in [0, 0.05) is 47.2 Å². The average molecular weight is 703 g/mol. The Morgan fingerprint density at radius 1 is 1.02 bits per heavy atom. The highest BCUT2D eigenvalue weighted by molar-refractivity contribution is 7.47. The van der Waals surface area contributed by atoms with Crippen molar-refractivity contribution in [2.45, 2.75) is 83.3 Å². The number of anilines is 1. The van der Waals surface area contributed by atoms with Crippen molar-refractivity contribution in [1.29, 1.82) is 0 Å². The Hall–Kier alpha value is -4.49. The number of nitrogens with zero attached hydrogens (tertiary/aromatic N) is 2. The summed E-state index contributed by atoms with van der Waals surface area (Å²) in [5.74, 6) is -4.85. The maximum atomic E-state index is 13.3. The highest BCUT2D eigenvalue weighted by atomic mass is 31.2. The number of phosphoric acid groups is 1. The molecule has 1 aliphatic carbocycles. The van der Waals surface area contributed by atoms with E-state index < -0.39 is 105 Å². The molecule has 48 heavy (non-hydrogen) atoms. The maximum Gasteiger partial charge on any atom is 0.473 e. The van der Waals surface area contributed by atoms with E-state index in [1.54, 1.807) is 0 Å². The zero-order chi connectivity index (χ0) is 36.0. The molecule has 3 N–H and O–H groups in total. The SMILES string of the molecule is COC(=O)[C@]1(OP(=O)(O)OC[C@H]2O[C@@H](n3ccc(NC(C)=O)nc3=O)[C@H](OC(C)=O)[C@@H]2OC(C)=O)C=C[C@H](NC(C)=O)[C@H](OC(C)=O)C1. The van der Waals surface area contributed by atoms with Gasteiger partial charge < -0.3 is 39.2 Å². The van der Waals surface area contributed by atoms with E-state index in [-0.39, 0.29) is 5.82 Å². The van der Waals surface area contributed by atoms with E-state index in [1.807, 2.05) is 0 Å². The van der Waals surface area contributed by atoms with Crippen LogP contribution in [0.25, 0.3) is 0 Å². The lowest BCUT2D eigenvalue weighted by Gasteiger charge is -2.38. The number of amides is 2. The summed E-state index contributed by atoms with van der Waals surface area (Å²) in [6, 6.07) is 0.296. The summed E-state index contributed by atoms with van der Waals surface area (Å²) < 4.78 is 51.1. The van der Waals surface area contributed by atoms with Crippen LogP contribution >= 0.6 is 7.82 Å². The van der Waals surface area contributed by atoms with Crippen LogP contribution in [0.3, 0.4) is 0 Å². The number of aromatic nitrogens is 2. The number of esters is 4. The van der Waals surface area contributed by atoms with Crippen LogP contribution in [0.4, 0.5) is 5.82 Å². The first-order valence-electron chi connectivity index (χ1n) is 14.1. The van der Waals surface area contributed by atoms with Gasteiger partial charge in [0.1, 0.15) is 18.0 Å². The zero-order valence-electron chi connectivity index (χ0n) is 26.6. The van der Waals surface area contributed by atoms with E-state index in [4.69, 9.17) is 32.7 Å². The number of hydrogen-bond donors (Lipinski definition) is 3. The molecule has 0 bridgehead atoms. The van der Waals surface area contributed by atoms with Gasteiger partial charge in [0.2, 0.25) is 11.8 Å². The number of rotatable bonds is 12. The maximum absolute atomic E-state index is 13.3. The van der Waals surface area contributed by atoms with Gasteiger partial charge in [-0.2, -0.15) is 4.98 Å². The van der Waals surface area contributed by atoms with E-state index in [0.29, 0.717) is 0 Å². The monoisotopic (exact) mass is 702 g/mol. The fraction of sp³-hybridized carbons (Fsp3) is 0.556. The first-order valence-corrected chi connectivity index (χ1v) is 15.6. The second-order valence-electron chi connectivity index (χ2n) is 10.6. The highest BCUT2D eigenvalue weighted by Gasteiger charge is 2.54. The van der Waals surface area contributed by atoms with Crippen molar-refractivity contribution in [3.05, 3.63) is 34.9 Å². The van der Waals surface area contributed by atoms with E-state index in [2.05, 4.69) is 15.6 Å². The number of ether oxygens (including phenoxy) is 5. The molecule has 0 saturated carbocycles. The van der Waals surface area contributed by atoms with Crippen LogP contribution in [-0.2, 0) is 66.1 Å². The number of nitrogens with one attached hydrogen (secondary N) is 2. The fourth-order valence-electron chi connectivity index (χ4n) is 4.98. The normalized spacial score (nSPS) is 27.6. The standard InChI is InChI=1S/C27H35N4O16P/c1-13(32)28-18-7-9-27(25(37)41-6,11-19(18)43-15(3)34)47-48(39,40)42-12-20-22(44-16(4)35)23(45-17(5)36)24(46-20)31-10-8-21(29-14(2)33)30-26(31)38/h7-10,18-20,22-24H,11-12H2,1-6H3,(H,28,32)(H,39,40)(H,29,30,33,38)/t18-,19+,20+,22+,23+,24+,27-/m0/s1. The molecule has 1 unspecified atom stereocenters. The van der Waals surface area contributed by atoms with Gasteiger partial charge in [0.15, 0.2) is 24.0 Å². The Kier molecular flexibility index (Phi) is 12.3. The zero-order valence-corrected chi connectivity index (χ0v) is 27.5. The molecule has 8 atom stereocenters. The predicted molar refractivity (Wildman–Crippen MR) is 156 cm³/mol. The Morgan fingerprint density at radius 3 is 2.19 bits per heavy atom. The number of carbonyl (C=O) groups excluding carboxylic acids is 6. The second-order valence-corrected chi connectivity index (χ2v) is 11.9. The van der Waals surface area contributed by atoms with Gasteiger partial charge in [0.25, 0.3) is 0 Å². The molecule has 0 radical (unpaired) electrons. The lowest BCUT2D eigenvalue weighted by Crippen LogP contribution is -2.54. The van der Waals surface area contributed by atoms with Gasteiger partial charge in [-0.1, -0.05) is 6.08 Å². The molecule has 1 saturated heterocycles. The van der Waals surface area contributed by atoms with Gasteiger partial charge in [-0.3, -0.25) is 37.6 Å².